The van der Waals surface area contributed by atoms with Gasteiger partial charge in [-0.15, -0.1) is 0 Å². The summed E-state index contributed by atoms with van der Waals surface area (Å²) in [5.41, 5.74) is 6.80. The van der Waals surface area contributed by atoms with E-state index in [0.29, 0.717) is 17.3 Å². The number of benzene rings is 1. The summed E-state index contributed by atoms with van der Waals surface area (Å²) in [5, 5.41) is 3.05. The van der Waals surface area contributed by atoms with Gasteiger partial charge < -0.3 is 11.1 Å². The minimum Gasteiger partial charge on any atom is -0.399 e. The molecule has 85 valence electrons. The topological polar surface area (TPSA) is 55.1 Å². The van der Waals surface area contributed by atoms with Crippen molar-refractivity contribution in [3.05, 3.63) is 29.8 Å². The summed E-state index contributed by atoms with van der Waals surface area (Å²) in [6, 6.07) is 8.23. The maximum Gasteiger partial charge on any atom is 0.251 e. The Labute approximate surface area is 96.0 Å². The van der Waals surface area contributed by atoms with Crippen molar-refractivity contribution >= 4 is 11.6 Å². The molecule has 1 fully saturated rings. The maximum absolute atomic E-state index is 11.9. The highest BCUT2D eigenvalue weighted by Gasteiger charge is 2.16. The number of carbonyl (C=O) groups is 1. The fraction of sp³-hybridized carbons (Fsp3) is 0.462. The third-order valence-electron chi connectivity index (χ3n) is 3.01. The van der Waals surface area contributed by atoms with Crippen LogP contribution in [0.5, 0.6) is 0 Å². The van der Waals surface area contributed by atoms with Gasteiger partial charge in [0.05, 0.1) is 0 Å². The second-order valence-electron chi connectivity index (χ2n) is 4.36. The normalized spacial score (nSPS) is 17.0. The summed E-state index contributed by atoms with van der Waals surface area (Å²) in [4.78, 5) is 11.9. The Morgan fingerprint density at radius 1 is 1.31 bits per heavy atom. The van der Waals surface area contributed by atoms with E-state index in [0.717, 1.165) is 12.8 Å². The first kappa shape index (κ1) is 11.0. The molecule has 3 nitrogen and oxygen atoms in total. The van der Waals surface area contributed by atoms with Gasteiger partial charge in [-0.05, 0) is 37.1 Å². The lowest BCUT2D eigenvalue weighted by Gasteiger charge is -2.22. The highest BCUT2D eigenvalue weighted by molar-refractivity contribution is 5.95. The first-order chi connectivity index (χ1) is 7.75. The average molecular weight is 217 g/mol. The maximum atomic E-state index is 11.9. The van der Waals surface area contributed by atoms with E-state index in [1.807, 2.05) is 0 Å². The van der Waals surface area contributed by atoms with Crippen molar-refractivity contribution in [2.75, 3.05) is 5.73 Å². The quantitative estimate of drug-likeness (QED) is 0.746. The average Bonchev–Trinajstić information content (AvgIpc) is 2.30. The SMILES string of the molecule is Nc1c[c]cc(C(=O)NC2CCCCC2)c1. The minimum atomic E-state index is -0.0320. The number of anilines is 1. The molecule has 0 saturated heterocycles. The largest absolute Gasteiger partial charge is 0.399 e. The van der Waals surface area contributed by atoms with Crippen LogP contribution in [0.15, 0.2) is 18.2 Å². The van der Waals surface area contributed by atoms with Crippen LogP contribution < -0.4 is 11.1 Å². The lowest BCUT2D eigenvalue weighted by molar-refractivity contribution is 0.0928. The number of carbonyl (C=O) groups excluding carboxylic acids is 1. The molecule has 1 aromatic rings. The van der Waals surface area contributed by atoms with Crippen LogP contribution in [0.25, 0.3) is 0 Å². The summed E-state index contributed by atoms with van der Waals surface area (Å²) in [5.74, 6) is -0.0320. The zero-order valence-electron chi connectivity index (χ0n) is 9.33. The van der Waals surface area contributed by atoms with Gasteiger partial charge in [-0.2, -0.15) is 0 Å². The van der Waals surface area contributed by atoms with Crippen LogP contribution in [0.2, 0.25) is 0 Å². The molecule has 0 aliphatic heterocycles. The first-order valence-electron chi connectivity index (χ1n) is 5.83. The van der Waals surface area contributed by atoms with Crippen LogP contribution in [-0.2, 0) is 0 Å². The molecule has 0 bridgehead atoms. The fourth-order valence-corrected chi connectivity index (χ4v) is 2.14. The predicted molar refractivity (Wildman–Crippen MR) is 64.0 cm³/mol. The van der Waals surface area contributed by atoms with Crippen LogP contribution in [-0.4, -0.2) is 11.9 Å². The Morgan fingerprint density at radius 3 is 2.75 bits per heavy atom. The molecule has 0 heterocycles. The standard InChI is InChI=1S/C13H17N2O/c14-11-6-4-5-10(9-11)13(16)15-12-7-2-1-3-8-12/h5-6,9,12H,1-3,7-8,14H2,(H,15,16). The highest BCUT2D eigenvalue weighted by atomic mass is 16.1. The minimum absolute atomic E-state index is 0.0320. The summed E-state index contributed by atoms with van der Waals surface area (Å²) in [6.07, 6.45) is 5.91. The van der Waals surface area contributed by atoms with Crippen LogP contribution in [0, 0.1) is 6.07 Å². The molecule has 16 heavy (non-hydrogen) atoms. The van der Waals surface area contributed by atoms with Crippen molar-refractivity contribution in [1.82, 2.24) is 5.32 Å². The number of nitrogens with two attached hydrogens (primary N) is 1. The number of amides is 1. The van der Waals surface area contributed by atoms with Gasteiger partial charge in [0, 0.05) is 17.3 Å². The van der Waals surface area contributed by atoms with Gasteiger partial charge in [-0.25, -0.2) is 0 Å². The lowest BCUT2D eigenvalue weighted by atomic mass is 9.95. The van der Waals surface area contributed by atoms with Crippen molar-refractivity contribution in [2.45, 2.75) is 38.1 Å². The third kappa shape index (κ3) is 2.75. The second-order valence-corrected chi connectivity index (χ2v) is 4.36. The van der Waals surface area contributed by atoms with E-state index in [2.05, 4.69) is 11.4 Å². The smallest absolute Gasteiger partial charge is 0.251 e. The van der Waals surface area contributed by atoms with Crippen molar-refractivity contribution in [2.24, 2.45) is 0 Å². The van der Waals surface area contributed by atoms with Gasteiger partial charge in [0.25, 0.3) is 5.91 Å². The molecule has 2 rings (SSSR count). The van der Waals surface area contributed by atoms with Crippen molar-refractivity contribution < 1.29 is 4.79 Å². The van der Waals surface area contributed by atoms with E-state index in [-0.39, 0.29) is 5.91 Å². The van der Waals surface area contributed by atoms with Crippen molar-refractivity contribution in [3.8, 4) is 0 Å². The molecule has 0 unspecified atom stereocenters. The molecule has 0 atom stereocenters. The number of nitrogens with one attached hydrogen (secondary N) is 1. The second kappa shape index (κ2) is 5.01. The van der Waals surface area contributed by atoms with Crippen LogP contribution in [0.3, 0.4) is 0 Å². The zero-order chi connectivity index (χ0) is 11.4. The lowest BCUT2D eigenvalue weighted by Crippen LogP contribution is -2.36. The van der Waals surface area contributed by atoms with Crippen LogP contribution in [0.4, 0.5) is 5.69 Å². The molecular weight excluding hydrogens is 200 g/mol. The molecule has 1 aromatic carbocycles. The molecule has 3 N–H and O–H groups in total. The van der Waals surface area contributed by atoms with Gasteiger partial charge in [0.15, 0.2) is 0 Å². The molecule has 1 radical (unpaired) electrons. The third-order valence-corrected chi connectivity index (χ3v) is 3.01. The summed E-state index contributed by atoms with van der Waals surface area (Å²) in [7, 11) is 0. The summed E-state index contributed by atoms with van der Waals surface area (Å²) < 4.78 is 0. The molecule has 3 heteroatoms. The van der Waals surface area contributed by atoms with E-state index in [4.69, 9.17) is 5.73 Å². The molecule has 1 aliphatic carbocycles. The van der Waals surface area contributed by atoms with Crippen molar-refractivity contribution in [1.29, 1.82) is 0 Å². The van der Waals surface area contributed by atoms with Crippen LogP contribution >= 0.6 is 0 Å². The summed E-state index contributed by atoms with van der Waals surface area (Å²) >= 11 is 0. The molecule has 0 aromatic heterocycles. The van der Waals surface area contributed by atoms with E-state index in [1.165, 1.54) is 19.3 Å². The molecule has 0 spiro atoms. The van der Waals surface area contributed by atoms with Crippen molar-refractivity contribution in [3.63, 3.8) is 0 Å². The first-order valence-corrected chi connectivity index (χ1v) is 5.83. The zero-order valence-corrected chi connectivity index (χ0v) is 9.33. The number of hydrogen-bond acceptors (Lipinski definition) is 2. The monoisotopic (exact) mass is 217 g/mol. The van der Waals surface area contributed by atoms with Gasteiger partial charge in [-0.1, -0.05) is 19.3 Å². The Kier molecular flexibility index (Phi) is 3.44. The van der Waals surface area contributed by atoms with Gasteiger partial charge in [0.2, 0.25) is 0 Å². The molecular formula is C13H17N2O. The van der Waals surface area contributed by atoms with Gasteiger partial charge in [-0.3, -0.25) is 4.79 Å². The molecule has 1 aliphatic rings. The summed E-state index contributed by atoms with van der Waals surface area (Å²) in [6.45, 7) is 0. The van der Waals surface area contributed by atoms with Gasteiger partial charge in [0.1, 0.15) is 0 Å². The van der Waals surface area contributed by atoms with Crippen LogP contribution in [0.1, 0.15) is 42.5 Å². The highest BCUT2D eigenvalue weighted by Crippen LogP contribution is 2.18. The Morgan fingerprint density at radius 2 is 2.06 bits per heavy atom. The van der Waals surface area contributed by atoms with E-state index >= 15 is 0 Å². The number of hydrogen-bond donors (Lipinski definition) is 2. The number of rotatable bonds is 2. The Bertz CT molecular complexity index is 370. The van der Waals surface area contributed by atoms with E-state index in [9.17, 15) is 4.79 Å². The van der Waals surface area contributed by atoms with E-state index in [1.54, 1.807) is 18.2 Å². The molecule has 1 saturated carbocycles. The number of nitrogen functional groups attached to an aromatic ring is 1. The predicted octanol–water partition coefficient (Wildman–Crippen LogP) is 2.13. The fourth-order valence-electron chi connectivity index (χ4n) is 2.14. The molecule has 1 amide bonds. The Hall–Kier alpha value is -1.51. The Balaban J connectivity index is 1.97. The van der Waals surface area contributed by atoms with Gasteiger partial charge >= 0.3 is 0 Å². The van der Waals surface area contributed by atoms with E-state index < -0.39 is 0 Å².